The molecule has 0 aliphatic carbocycles. The van der Waals surface area contributed by atoms with E-state index in [1.165, 1.54) is 38.5 Å². The molecular weight excluding hydrogens is 188 g/mol. The average molecular weight is 212 g/mol. The number of rotatable bonds is 10. The number of allylic oxidation sites excluding steroid dienone is 2. The van der Waals surface area contributed by atoms with E-state index in [0.717, 1.165) is 12.8 Å². The molecule has 0 aromatic rings. The molecule has 0 amide bonds. The van der Waals surface area contributed by atoms with Crippen molar-refractivity contribution in [1.82, 2.24) is 0 Å². The Balaban J connectivity index is 2.95. The lowest BCUT2D eigenvalue weighted by Gasteiger charge is -1.99. The van der Waals surface area contributed by atoms with Crippen molar-refractivity contribution in [2.75, 3.05) is 0 Å². The van der Waals surface area contributed by atoms with Crippen LogP contribution >= 0.6 is 0 Å². The summed E-state index contributed by atoms with van der Waals surface area (Å²) in [6.45, 7) is 2.06. The molecule has 2 nitrogen and oxygen atoms in total. The van der Waals surface area contributed by atoms with Crippen molar-refractivity contribution in [1.29, 1.82) is 0 Å². The fourth-order valence-corrected chi connectivity index (χ4v) is 1.59. The molecular formula is C13H24O2. The zero-order valence-corrected chi connectivity index (χ0v) is 9.87. The summed E-state index contributed by atoms with van der Waals surface area (Å²) in [5.41, 5.74) is 0. The van der Waals surface area contributed by atoms with Gasteiger partial charge in [-0.05, 0) is 26.2 Å². The SMILES string of the molecule is C/C=C/CCCCCCCCCC(=O)O. The second kappa shape index (κ2) is 11.3. The van der Waals surface area contributed by atoms with Crippen molar-refractivity contribution in [3.8, 4) is 0 Å². The van der Waals surface area contributed by atoms with Crippen LogP contribution < -0.4 is 0 Å². The van der Waals surface area contributed by atoms with Gasteiger partial charge in [0.15, 0.2) is 0 Å². The number of hydrogen-bond donors (Lipinski definition) is 1. The summed E-state index contributed by atoms with van der Waals surface area (Å²) in [7, 11) is 0. The van der Waals surface area contributed by atoms with Gasteiger partial charge in [-0.15, -0.1) is 0 Å². The first kappa shape index (κ1) is 14.2. The van der Waals surface area contributed by atoms with E-state index in [0.29, 0.717) is 6.42 Å². The minimum absolute atomic E-state index is 0.335. The third kappa shape index (κ3) is 13.2. The summed E-state index contributed by atoms with van der Waals surface area (Å²) >= 11 is 0. The van der Waals surface area contributed by atoms with Crippen LogP contribution in [0.2, 0.25) is 0 Å². The molecule has 0 rings (SSSR count). The molecule has 0 fully saturated rings. The van der Waals surface area contributed by atoms with Crippen LogP contribution in [-0.2, 0) is 4.79 Å². The molecule has 0 aromatic carbocycles. The molecule has 1 N–H and O–H groups in total. The fourth-order valence-electron chi connectivity index (χ4n) is 1.59. The lowest BCUT2D eigenvalue weighted by Crippen LogP contribution is -1.93. The van der Waals surface area contributed by atoms with Gasteiger partial charge in [0.2, 0.25) is 0 Å². The molecule has 0 saturated carbocycles. The molecule has 0 aliphatic rings. The highest BCUT2D eigenvalue weighted by Gasteiger charge is 1.96. The van der Waals surface area contributed by atoms with E-state index in [1.54, 1.807) is 0 Å². The quantitative estimate of drug-likeness (QED) is 0.436. The van der Waals surface area contributed by atoms with Gasteiger partial charge in [0.05, 0.1) is 0 Å². The number of carbonyl (C=O) groups is 1. The third-order valence-corrected chi connectivity index (χ3v) is 2.50. The van der Waals surface area contributed by atoms with Crippen molar-refractivity contribution in [2.24, 2.45) is 0 Å². The first-order chi connectivity index (χ1) is 7.27. The Bertz CT molecular complexity index is 173. The Kier molecular flexibility index (Phi) is 10.7. The van der Waals surface area contributed by atoms with Crippen LogP contribution in [0.25, 0.3) is 0 Å². The molecule has 0 aromatic heterocycles. The lowest BCUT2D eigenvalue weighted by atomic mass is 10.1. The molecule has 0 unspecified atom stereocenters. The molecule has 0 aliphatic heterocycles. The van der Waals surface area contributed by atoms with Gasteiger partial charge in [0.25, 0.3) is 0 Å². The molecule has 0 saturated heterocycles. The molecule has 0 bridgehead atoms. The van der Waals surface area contributed by atoms with Gasteiger partial charge in [-0.2, -0.15) is 0 Å². The first-order valence-corrected chi connectivity index (χ1v) is 6.10. The highest BCUT2D eigenvalue weighted by Crippen LogP contribution is 2.09. The monoisotopic (exact) mass is 212 g/mol. The average Bonchev–Trinajstić information content (AvgIpc) is 2.20. The van der Waals surface area contributed by atoms with Crippen LogP contribution in [-0.4, -0.2) is 11.1 Å². The summed E-state index contributed by atoms with van der Waals surface area (Å²) < 4.78 is 0. The highest BCUT2D eigenvalue weighted by molar-refractivity contribution is 5.66. The summed E-state index contributed by atoms with van der Waals surface area (Å²) in [4.78, 5) is 10.2. The first-order valence-electron chi connectivity index (χ1n) is 6.10. The summed E-state index contributed by atoms with van der Waals surface area (Å²) in [5, 5.41) is 8.43. The zero-order chi connectivity index (χ0) is 11.4. The Morgan fingerprint density at radius 2 is 1.53 bits per heavy atom. The van der Waals surface area contributed by atoms with Crippen LogP contribution in [0.3, 0.4) is 0 Å². The van der Waals surface area contributed by atoms with Crippen LogP contribution in [0.4, 0.5) is 0 Å². The van der Waals surface area contributed by atoms with Gasteiger partial charge in [-0.3, -0.25) is 4.79 Å². The van der Waals surface area contributed by atoms with Crippen LogP contribution in [0, 0.1) is 0 Å². The van der Waals surface area contributed by atoms with Gasteiger partial charge in [-0.1, -0.05) is 44.3 Å². The van der Waals surface area contributed by atoms with E-state index in [-0.39, 0.29) is 0 Å². The normalized spacial score (nSPS) is 11.0. The van der Waals surface area contributed by atoms with Crippen LogP contribution in [0.15, 0.2) is 12.2 Å². The number of unbranched alkanes of at least 4 members (excludes halogenated alkanes) is 7. The van der Waals surface area contributed by atoms with E-state index < -0.39 is 5.97 Å². The Labute approximate surface area is 93.4 Å². The van der Waals surface area contributed by atoms with E-state index in [1.807, 2.05) is 0 Å². The van der Waals surface area contributed by atoms with E-state index in [2.05, 4.69) is 19.1 Å². The van der Waals surface area contributed by atoms with E-state index in [9.17, 15) is 4.79 Å². The van der Waals surface area contributed by atoms with Gasteiger partial charge in [0, 0.05) is 6.42 Å². The second-order valence-electron chi connectivity index (χ2n) is 3.98. The van der Waals surface area contributed by atoms with Crippen molar-refractivity contribution in [3.63, 3.8) is 0 Å². The number of aliphatic carboxylic acids is 1. The van der Waals surface area contributed by atoms with Crippen molar-refractivity contribution >= 4 is 5.97 Å². The minimum atomic E-state index is -0.665. The largest absolute Gasteiger partial charge is 0.481 e. The van der Waals surface area contributed by atoms with Gasteiger partial charge in [-0.25, -0.2) is 0 Å². The van der Waals surface area contributed by atoms with Crippen molar-refractivity contribution in [2.45, 2.75) is 64.7 Å². The predicted octanol–water partition coefficient (Wildman–Crippen LogP) is 4.16. The molecule has 0 radical (unpaired) electrons. The smallest absolute Gasteiger partial charge is 0.303 e. The molecule has 15 heavy (non-hydrogen) atoms. The van der Waals surface area contributed by atoms with Gasteiger partial charge < -0.3 is 5.11 Å². The molecule has 2 heteroatoms. The van der Waals surface area contributed by atoms with Gasteiger partial charge >= 0.3 is 5.97 Å². The number of carboxylic acid groups (broad SMARTS) is 1. The molecule has 88 valence electrons. The Morgan fingerprint density at radius 1 is 1.00 bits per heavy atom. The van der Waals surface area contributed by atoms with Crippen LogP contribution in [0.1, 0.15) is 64.7 Å². The lowest BCUT2D eigenvalue weighted by molar-refractivity contribution is -0.137. The third-order valence-electron chi connectivity index (χ3n) is 2.50. The highest BCUT2D eigenvalue weighted by atomic mass is 16.4. The Hall–Kier alpha value is -0.790. The standard InChI is InChI=1S/C13H24O2/c1-2-3-4-5-6-7-8-9-10-11-12-13(14)15/h2-3H,4-12H2,1H3,(H,14,15)/b3-2+. The van der Waals surface area contributed by atoms with E-state index >= 15 is 0 Å². The minimum Gasteiger partial charge on any atom is -0.481 e. The summed E-state index contributed by atoms with van der Waals surface area (Å²) in [5.74, 6) is -0.665. The number of hydrogen-bond acceptors (Lipinski definition) is 1. The summed E-state index contributed by atoms with van der Waals surface area (Å²) in [6.07, 6.45) is 14.1. The Morgan fingerprint density at radius 3 is 2.07 bits per heavy atom. The predicted molar refractivity (Wildman–Crippen MR) is 64.0 cm³/mol. The molecule has 0 atom stereocenters. The van der Waals surface area contributed by atoms with Crippen molar-refractivity contribution in [3.05, 3.63) is 12.2 Å². The second-order valence-corrected chi connectivity index (χ2v) is 3.98. The maximum Gasteiger partial charge on any atom is 0.303 e. The zero-order valence-electron chi connectivity index (χ0n) is 9.87. The van der Waals surface area contributed by atoms with Gasteiger partial charge in [0.1, 0.15) is 0 Å². The van der Waals surface area contributed by atoms with E-state index in [4.69, 9.17) is 5.11 Å². The van der Waals surface area contributed by atoms with Crippen molar-refractivity contribution < 1.29 is 9.90 Å². The topological polar surface area (TPSA) is 37.3 Å². The number of carboxylic acids is 1. The maximum atomic E-state index is 10.2. The van der Waals surface area contributed by atoms with Crippen LogP contribution in [0.5, 0.6) is 0 Å². The molecule has 0 spiro atoms. The molecule has 0 heterocycles. The fraction of sp³-hybridized carbons (Fsp3) is 0.769. The summed E-state index contributed by atoms with van der Waals surface area (Å²) in [6, 6.07) is 0. The maximum absolute atomic E-state index is 10.2.